The Morgan fingerprint density at radius 1 is 1.10 bits per heavy atom. The third-order valence-corrected chi connectivity index (χ3v) is 5.03. The van der Waals surface area contributed by atoms with Crippen LogP contribution in [0.2, 0.25) is 0 Å². The van der Waals surface area contributed by atoms with Gasteiger partial charge in [0, 0.05) is 25.7 Å². The number of aliphatic hydroxyl groups is 1. The summed E-state index contributed by atoms with van der Waals surface area (Å²) in [6, 6.07) is 0. The molecule has 1 N–H and O–H groups in total. The molecule has 1 unspecified atom stereocenters. The van der Waals surface area contributed by atoms with Gasteiger partial charge in [-0.3, -0.25) is 4.39 Å². The average Bonchev–Trinajstić information content (AvgIpc) is 2.47. The molecule has 0 amide bonds. The number of alkyl halides is 2. The van der Waals surface area contributed by atoms with Crippen molar-refractivity contribution in [2.45, 2.75) is 64.7 Å². The van der Waals surface area contributed by atoms with Crippen molar-refractivity contribution < 1.29 is 14.2 Å². The Morgan fingerprint density at radius 3 is 2.38 bits per heavy atom. The van der Waals surface area contributed by atoms with Gasteiger partial charge in [0.1, 0.15) is 0 Å². The van der Waals surface area contributed by atoms with Gasteiger partial charge < -0.3 is 9.84 Å². The molecular weight excluding hydrogens is 335 g/mol. The first-order valence-corrected chi connectivity index (χ1v) is 9.33. The first-order chi connectivity index (χ1) is 10.2. The minimum Gasteiger partial charge on any atom is -0.396 e. The number of methoxy groups -OCH3 is 1. The molecule has 4 heteroatoms. The van der Waals surface area contributed by atoms with E-state index < -0.39 is 0 Å². The van der Waals surface area contributed by atoms with E-state index >= 15 is 0 Å². The highest BCUT2D eigenvalue weighted by Crippen LogP contribution is 2.45. The molecular formula is C17H33BrFO2. The summed E-state index contributed by atoms with van der Waals surface area (Å²) in [5, 5.41) is 10.5. The fraction of sp³-hybridized carbons (Fsp3) is 0.941. The van der Waals surface area contributed by atoms with Crippen molar-refractivity contribution in [2.75, 3.05) is 32.3 Å². The lowest BCUT2D eigenvalue weighted by atomic mass is 9.66. The molecule has 0 aliphatic carbocycles. The summed E-state index contributed by atoms with van der Waals surface area (Å²) in [5.74, 6) is 1.48. The van der Waals surface area contributed by atoms with Crippen LogP contribution in [-0.2, 0) is 4.74 Å². The molecule has 0 heterocycles. The second-order valence-corrected chi connectivity index (χ2v) is 6.72. The zero-order valence-electron chi connectivity index (χ0n) is 13.8. The third kappa shape index (κ3) is 9.14. The Hall–Kier alpha value is 0.330. The van der Waals surface area contributed by atoms with Crippen LogP contribution >= 0.6 is 15.9 Å². The first kappa shape index (κ1) is 21.3. The van der Waals surface area contributed by atoms with Crippen LogP contribution in [0.4, 0.5) is 4.39 Å². The fourth-order valence-electron chi connectivity index (χ4n) is 3.09. The van der Waals surface area contributed by atoms with E-state index in [2.05, 4.69) is 22.9 Å². The van der Waals surface area contributed by atoms with Gasteiger partial charge in [-0.2, -0.15) is 0 Å². The average molecular weight is 368 g/mol. The maximum atomic E-state index is 12.4. The van der Waals surface area contributed by atoms with Crippen molar-refractivity contribution in [3.63, 3.8) is 0 Å². The Balaban J connectivity index is 4.68. The molecule has 127 valence electrons. The van der Waals surface area contributed by atoms with Gasteiger partial charge in [-0.1, -0.05) is 35.7 Å². The minimum atomic E-state index is -0.240. The van der Waals surface area contributed by atoms with E-state index in [0.717, 1.165) is 50.5 Å². The summed E-state index contributed by atoms with van der Waals surface area (Å²) in [6.07, 6.45) is 8.81. The molecule has 1 radical (unpaired) electrons. The number of halogens is 2. The van der Waals surface area contributed by atoms with Gasteiger partial charge in [0.15, 0.2) is 0 Å². The fourth-order valence-corrected chi connectivity index (χ4v) is 3.49. The van der Waals surface area contributed by atoms with Gasteiger partial charge in [0.05, 0.1) is 6.67 Å². The van der Waals surface area contributed by atoms with Gasteiger partial charge >= 0.3 is 0 Å². The van der Waals surface area contributed by atoms with E-state index in [9.17, 15) is 9.50 Å². The van der Waals surface area contributed by atoms with Crippen molar-refractivity contribution in [2.24, 2.45) is 5.41 Å². The summed E-state index contributed by atoms with van der Waals surface area (Å²) in [5.41, 5.74) is 0.0642. The second kappa shape index (κ2) is 14.0. The Bertz CT molecular complexity index is 217. The topological polar surface area (TPSA) is 29.5 Å². The lowest BCUT2D eigenvalue weighted by Crippen LogP contribution is -2.30. The van der Waals surface area contributed by atoms with Gasteiger partial charge in [0.2, 0.25) is 0 Å². The molecule has 0 aromatic heterocycles. The molecule has 0 aliphatic rings. The quantitative estimate of drug-likeness (QED) is 0.323. The van der Waals surface area contributed by atoms with Gasteiger partial charge in [-0.15, -0.1) is 0 Å². The Morgan fingerprint density at radius 2 is 1.81 bits per heavy atom. The molecule has 2 nitrogen and oxygen atoms in total. The van der Waals surface area contributed by atoms with Crippen LogP contribution in [0.1, 0.15) is 64.7 Å². The molecule has 21 heavy (non-hydrogen) atoms. The standard InChI is InChI=1S/C17H33BrFO2/c1-16(8-3-5-12-18)17(11-14-20,9-4-6-13-19)10-7-15-21-2/h20H,3-15H2,1-2H3. The molecule has 1 atom stereocenters. The van der Waals surface area contributed by atoms with Crippen LogP contribution in [0.3, 0.4) is 0 Å². The van der Waals surface area contributed by atoms with Gasteiger partial charge in [-0.25, -0.2) is 0 Å². The maximum absolute atomic E-state index is 12.4. The van der Waals surface area contributed by atoms with E-state index in [1.807, 2.05) is 0 Å². The summed E-state index contributed by atoms with van der Waals surface area (Å²) >= 11 is 3.48. The normalized spacial score (nSPS) is 14.6. The highest BCUT2D eigenvalue weighted by molar-refractivity contribution is 9.09. The Labute approximate surface area is 139 Å². The predicted octanol–water partition coefficient (Wildman–Crippen LogP) is 5.08. The van der Waals surface area contributed by atoms with E-state index in [-0.39, 0.29) is 18.7 Å². The van der Waals surface area contributed by atoms with Crippen molar-refractivity contribution >= 4 is 15.9 Å². The molecule has 0 aromatic rings. The number of aliphatic hydroxyl groups excluding tert-OH is 1. The van der Waals surface area contributed by atoms with Gasteiger partial charge in [-0.05, 0) is 56.3 Å². The molecule has 0 aliphatic heterocycles. The molecule has 0 bridgehead atoms. The molecule has 0 saturated carbocycles. The lowest BCUT2D eigenvalue weighted by Gasteiger charge is -2.39. The van der Waals surface area contributed by atoms with Crippen molar-refractivity contribution in [3.8, 4) is 0 Å². The highest BCUT2D eigenvalue weighted by Gasteiger charge is 2.34. The van der Waals surface area contributed by atoms with E-state index in [4.69, 9.17) is 4.74 Å². The minimum absolute atomic E-state index is 0.0642. The van der Waals surface area contributed by atoms with Crippen LogP contribution in [0.15, 0.2) is 0 Å². The monoisotopic (exact) mass is 367 g/mol. The smallest absolute Gasteiger partial charge is 0.0894 e. The molecule has 0 spiro atoms. The number of unbranched alkanes of at least 4 members (excludes halogenated alkanes) is 2. The zero-order chi connectivity index (χ0) is 16.0. The summed E-state index contributed by atoms with van der Waals surface area (Å²) < 4.78 is 17.6. The molecule has 0 aromatic carbocycles. The van der Waals surface area contributed by atoms with Crippen molar-refractivity contribution in [1.29, 1.82) is 0 Å². The lowest BCUT2D eigenvalue weighted by molar-refractivity contribution is 0.130. The number of hydrogen-bond acceptors (Lipinski definition) is 2. The van der Waals surface area contributed by atoms with Crippen LogP contribution in [-0.4, -0.2) is 37.4 Å². The molecule has 0 saturated heterocycles. The van der Waals surface area contributed by atoms with E-state index in [1.54, 1.807) is 7.11 Å². The van der Waals surface area contributed by atoms with Crippen LogP contribution in [0, 0.1) is 11.3 Å². The first-order valence-electron chi connectivity index (χ1n) is 8.21. The largest absolute Gasteiger partial charge is 0.396 e. The van der Waals surface area contributed by atoms with Crippen LogP contribution < -0.4 is 0 Å². The second-order valence-electron chi connectivity index (χ2n) is 5.92. The van der Waals surface area contributed by atoms with Crippen molar-refractivity contribution in [1.82, 2.24) is 0 Å². The van der Waals surface area contributed by atoms with Crippen molar-refractivity contribution in [3.05, 3.63) is 5.92 Å². The number of hydrogen-bond donors (Lipinski definition) is 1. The predicted molar refractivity (Wildman–Crippen MR) is 91.6 cm³/mol. The van der Waals surface area contributed by atoms with Gasteiger partial charge in [0.25, 0.3) is 0 Å². The summed E-state index contributed by atoms with van der Waals surface area (Å²) in [6.45, 7) is 2.95. The molecule has 0 rings (SSSR count). The van der Waals surface area contributed by atoms with Crippen LogP contribution in [0.25, 0.3) is 0 Å². The molecule has 0 fully saturated rings. The van der Waals surface area contributed by atoms with E-state index in [1.165, 1.54) is 18.8 Å². The van der Waals surface area contributed by atoms with Crippen LogP contribution in [0.5, 0.6) is 0 Å². The number of ether oxygens (including phenoxy) is 1. The maximum Gasteiger partial charge on any atom is 0.0894 e. The highest BCUT2D eigenvalue weighted by atomic mass is 79.9. The zero-order valence-corrected chi connectivity index (χ0v) is 15.4. The SMILES string of the molecule is COCCCC(CCO)(CCCCF)[C](C)CCCCBr. The third-order valence-electron chi connectivity index (χ3n) is 4.47. The summed E-state index contributed by atoms with van der Waals surface area (Å²) in [7, 11) is 1.73. The van der Waals surface area contributed by atoms with E-state index in [0.29, 0.717) is 6.42 Å². The number of rotatable bonds is 15. The summed E-state index contributed by atoms with van der Waals surface area (Å²) in [4.78, 5) is 0. The Kier molecular flexibility index (Phi) is 14.2.